The first-order chi connectivity index (χ1) is 6.29. The molecule has 2 rings (SSSR count). The highest BCUT2D eigenvalue weighted by molar-refractivity contribution is 5.37. The molecule has 0 aliphatic carbocycles. The van der Waals surface area contributed by atoms with Gasteiger partial charge >= 0.3 is 0 Å². The number of aromatic nitrogens is 1. The van der Waals surface area contributed by atoms with E-state index in [1.165, 1.54) is 6.07 Å². The Bertz CT molecular complexity index is 336. The molecule has 68 valence electrons. The lowest BCUT2D eigenvalue weighted by molar-refractivity contribution is -0.386. The molecule has 1 aromatic rings. The van der Waals surface area contributed by atoms with Gasteiger partial charge in [0.25, 0.3) is 5.69 Å². The zero-order valence-electron chi connectivity index (χ0n) is 6.93. The highest BCUT2D eigenvalue weighted by atomic mass is 16.6. The Balaban J connectivity index is 2.36. The van der Waals surface area contributed by atoms with Crippen molar-refractivity contribution in [3.8, 4) is 0 Å². The van der Waals surface area contributed by atoms with Gasteiger partial charge in [-0.05, 0) is 19.0 Å². The number of pyridine rings is 1. The summed E-state index contributed by atoms with van der Waals surface area (Å²) in [7, 11) is 0. The van der Waals surface area contributed by atoms with E-state index in [9.17, 15) is 10.1 Å². The van der Waals surface area contributed by atoms with Crippen molar-refractivity contribution in [1.82, 2.24) is 10.3 Å². The van der Waals surface area contributed by atoms with E-state index in [0.29, 0.717) is 5.69 Å². The van der Waals surface area contributed by atoms with Crippen LogP contribution in [0.3, 0.4) is 0 Å². The molecule has 5 heteroatoms. The second kappa shape index (κ2) is 3.10. The van der Waals surface area contributed by atoms with Gasteiger partial charge in [0.2, 0.25) is 0 Å². The van der Waals surface area contributed by atoms with Crippen LogP contribution in [0, 0.1) is 10.1 Å². The topological polar surface area (TPSA) is 68.1 Å². The molecule has 1 fully saturated rings. The summed E-state index contributed by atoms with van der Waals surface area (Å²) in [6.45, 7) is 0.915. The zero-order chi connectivity index (χ0) is 9.26. The fraction of sp³-hybridized carbons (Fsp3) is 0.375. The number of hydrogen-bond donors (Lipinski definition) is 1. The summed E-state index contributed by atoms with van der Waals surface area (Å²) in [6.07, 6.45) is 2.51. The van der Waals surface area contributed by atoms with Gasteiger partial charge in [0.05, 0.1) is 11.0 Å². The van der Waals surface area contributed by atoms with Crippen molar-refractivity contribution < 1.29 is 4.92 Å². The van der Waals surface area contributed by atoms with Crippen LogP contribution in [0.15, 0.2) is 18.3 Å². The van der Waals surface area contributed by atoms with Crippen LogP contribution >= 0.6 is 0 Å². The molecule has 0 unspecified atom stereocenters. The summed E-state index contributed by atoms with van der Waals surface area (Å²) in [6, 6.07) is 3.14. The Kier molecular flexibility index (Phi) is 1.94. The van der Waals surface area contributed by atoms with Gasteiger partial charge in [0.15, 0.2) is 0 Å². The van der Waals surface area contributed by atoms with E-state index in [1.807, 2.05) is 0 Å². The molecule has 1 atom stereocenters. The third-order valence-corrected chi connectivity index (χ3v) is 2.17. The van der Waals surface area contributed by atoms with Crippen molar-refractivity contribution >= 4 is 5.69 Å². The molecule has 5 nitrogen and oxygen atoms in total. The molecule has 0 amide bonds. The number of hydrogen-bond acceptors (Lipinski definition) is 4. The van der Waals surface area contributed by atoms with Crippen LogP contribution in [0.2, 0.25) is 0 Å². The van der Waals surface area contributed by atoms with E-state index in [0.717, 1.165) is 13.0 Å². The SMILES string of the molecule is O=[N+]([O-])c1cccnc1[C@H]1CCN1. The van der Waals surface area contributed by atoms with Gasteiger partial charge in [-0.15, -0.1) is 0 Å². The minimum Gasteiger partial charge on any atom is -0.308 e. The number of nitrogens with one attached hydrogen (secondary N) is 1. The Morgan fingerprint density at radius 1 is 1.69 bits per heavy atom. The van der Waals surface area contributed by atoms with Gasteiger partial charge in [0.1, 0.15) is 5.69 Å². The normalized spacial score (nSPS) is 20.8. The number of nitrogens with zero attached hydrogens (tertiary/aromatic N) is 2. The Labute approximate surface area is 74.9 Å². The minimum atomic E-state index is -0.387. The minimum absolute atomic E-state index is 0.0709. The first-order valence-electron chi connectivity index (χ1n) is 4.12. The van der Waals surface area contributed by atoms with Crippen molar-refractivity contribution in [3.05, 3.63) is 34.1 Å². The van der Waals surface area contributed by atoms with Crippen LogP contribution in [-0.4, -0.2) is 16.5 Å². The highest BCUT2D eigenvalue weighted by Crippen LogP contribution is 2.28. The van der Waals surface area contributed by atoms with Crippen LogP contribution in [0.1, 0.15) is 18.2 Å². The number of nitro groups is 1. The Hall–Kier alpha value is -1.49. The molecule has 1 aliphatic heterocycles. The largest absolute Gasteiger partial charge is 0.308 e. The van der Waals surface area contributed by atoms with Crippen molar-refractivity contribution in [1.29, 1.82) is 0 Å². The number of rotatable bonds is 2. The lowest BCUT2D eigenvalue weighted by Crippen LogP contribution is -2.35. The maximum atomic E-state index is 10.6. The van der Waals surface area contributed by atoms with Gasteiger partial charge in [-0.1, -0.05) is 0 Å². The maximum absolute atomic E-state index is 10.6. The van der Waals surface area contributed by atoms with Crippen LogP contribution < -0.4 is 5.32 Å². The average molecular weight is 179 g/mol. The molecule has 0 aromatic carbocycles. The second-order valence-electron chi connectivity index (χ2n) is 2.96. The van der Waals surface area contributed by atoms with E-state index in [-0.39, 0.29) is 16.7 Å². The molecular weight excluding hydrogens is 170 g/mol. The summed E-state index contributed by atoms with van der Waals surface area (Å²) in [4.78, 5) is 14.2. The molecule has 0 saturated carbocycles. The molecule has 0 radical (unpaired) electrons. The van der Waals surface area contributed by atoms with Crippen molar-refractivity contribution in [2.24, 2.45) is 0 Å². The molecular formula is C8H9N3O2. The molecule has 1 aromatic heterocycles. The summed E-state index contributed by atoms with van der Waals surface area (Å²) >= 11 is 0. The summed E-state index contributed by atoms with van der Waals surface area (Å²) < 4.78 is 0. The van der Waals surface area contributed by atoms with E-state index in [1.54, 1.807) is 12.3 Å². The zero-order valence-corrected chi connectivity index (χ0v) is 6.93. The van der Waals surface area contributed by atoms with Gasteiger partial charge in [0, 0.05) is 12.3 Å². The third-order valence-electron chi connectivity index (χ3n) is 2.17. The predicted molar refractivity (Wildman–Crippen MR) is 46.3 cm³/mol. The average Bonchev–Trinajstić information content (AvgIpc) is 2.02. The van der Waals surface area contributed by atoms with Crippen molar-refractivity contribution in [3.63, 3.8) is 0 Å². The molecule has 2 heterocycles. The fourth-order valence-electron chi connectivity index (χ4n) is 1.35. The van der Waals surface area contributed by atoms with Crippen molar-refractivity contribution in [2.45, 2.75) is 12.5 Å². The van der Waals surface area contributed by atoms with E-state index in [2.05, 4.69) is 10.3 Å². The van der Waals surface area contributed by atoms with E-state index >= 15 is 0 Å². The second-order valence-corrected chi connectivity index (χ2v) is 2.96. The lowest BCUT2D eigenvalue weighted by Gasteiger charge is -2.26. The van der Waals surface area contributed by atoms with E-state index in [4.69, 9.17) is 0 Å². The van der Waals surface area contributed by atoms with Crippen LogP contribution in [-0.2, 0) is 0 Å². The van der Waals surface area contributed by atoms with Gasteiger partial charge in [-0.2, -0.15) is 0 Å². The van der Waals surface area contributed by atoms with Crippen LogP contribution in [0.4, 0.5) is 5.69 Å². The molecule has 1 saturated heterocycles. The van der Waals surface area contributed by atoms with Gasteiger partial charge < -0.3 is 5.32 Å². The maximum Gasteiger partial charge on any atom is 0.292 e. The molecule has 1 aliphatic rings. The molecule has 13 heavy (non-hydrogen) atoms. The standard InChI is InChI=1S/C8H9N3O2/c12-11(13)7-2-1-4-10-8(7)6-3-5-9-6/h1-2,4,6,9H,3,5H2/t6-/m1/s1. The Morgan fingerprint density at radius 2 is 2.46 bits per heavy atom. The predicted octanol–water partition coefficient (Wildman–Crippen LogP) is 1.02. The quantitative estimate of drug-likeness (QED) is 0.543. The Morgan fingerprint density at radius 3 is 3.00 bits per heavy atom. The van der Waals surface area contributed by atoms with Crippen LogP contribution in [0.5, 0.6) is 0 Å². The first-order valence-corrected chi connectivity index (χ1v) is 4.12. The van der Waals surface area contributed by atoms with Crippen LogP contribution in [0.25, 0.3) is 0 Å². The van der Waals surface area contributed by atoms with E-state index < -0.39 is 0 Å². The molecule has 0 spiro atoms. The lowest BCUT2D eigenvalue weighted by atomic mass is 10.0. The summed E-state index contributed by atoms with van der Waals surface area (Å²) in [5, 5.41) is 13.7. The highest BCUT2D eigenvalue weighted by Gasteiger charge is 2.27. The molecule has 0 bridgehead atoms. The summed E-state index contributed by atoms with van der Waals surface area (Å²) in [5.74, 6) is 0. The monoisotopic (exact) mass is 179 g/mol. The third kappa shape index (κ3) is 1.38. The first kappa shape index (κ1) is 8.12. The fourth-order valence-corrected chi connectivity index (χ4v) is 1.35. The van der Waals surface area contributed by atoms with Crippen molar-refractivity contribution in [2.75, 3.05) is 6.54 Å². The smallest absolute Gasteiger partial charge is 0.292 e. The molecule has 1 N–H and O–H groups in total. The van der Waals surface area contributed by atoms with Gasteiger partial charge in [-0.3, -0.25) is 15.1 Å². The van der Waals surface area contributed by atoms with Gasteiger partial charge in [-0.25, -0.2) is 0 Å². The summed E-state index contributed by atoms with van der Waals surface area (Å²) in [5.41, 5.74) is 0.665.